The van der Waals surface area contributed by atoms with Gasteiger partial charge in [0.2, 0.25) is 11.9 Å². The van der Waals surface area contributed by atoms with Crippen molar-refractivity contribution in [2.24, 2.45) is 10.7 Å². The van der Waals surface area contributed by atoms with Gasteiger partial charge >= 0.3 is 0 Å². The fraction of sp³-hybridized carbons (Fsp3) is 0.167. The molecule has 2 rings (SSSR count). The van der Waals surface area contributed by atoms with Crippen molar-refractivity contribution in [3.05, 3.63) is 71.8 Å². The molecule has 0 aromatic heterocycles. The van der Waals surface area contributed by atoms with E-state index in [1.165, 1.54) is 6.92 Å². The summed E-state index contributed by atoms with van der Waals surface area (Å²) in [6.07, 6.45) is 0.514. The van der Waals surface area contributed by atoms with Crippen LogP contribution in [0.3, 0.4) is 0 Å². The van der Waals surface area contributed by atoms with E-state index in [9.17, 15) is 9.59 Å². The van der Waals surface area contributed by atoms with E-state index in [0.717, 1.165) is 11.1 Å². The minimum atomic E-state index is -0.453. The Kier molecular flexibility index (Phi) is 5.63. The van der Waals surface area contributed by atoms with Crippen LogP contribution in [-0.2, 0) is 16.0 Å². The van der Waals surface area contributed by atoms with E-state index in [-0.39, 0.29) is 17.8 Å². The summed E-state index contributed by atoms with van der Waals surface area (Å²) < 4.78 is 0. The van der Waals surface area contributed by atoms with Crippen LogP contribution in [-0.4, -0.2) is 17.8 Å². The highest BCUT2D eigenvalue weighted by molar-refractivity contribution is 6.02. The molecule has 1 atom stereocenters. The third kappa shape index (κ3) is 5.07. The highest BCUT2D eigenvalue weighted by atomic mass is 16.2. The number of hydrogen-bond donors (Lipinski definition) is 2. The normalized spacial score (nSPS) is 12.5. The molecule has 1 unspecified atom stereocenters. The lowest BCUT2D eigenvalue weighted by Gasteiger charge is -2.14. The van der Waals surface area contributed by atoms with Gasteiger partial charge < -0.3 is 5.73 Å². The molecule has 0 aliphatic heterocycles. The van der Waals surface area contributed by atoms with Crippen molar-refractivity contribution < 1.29 is 9.59 Å². The van der Waals surface area contributed by atoms with Crippen molar-refractivity contribution >= 4 is 17.8 Å². The molecule has 0 heterocycles. The van der Waals surface area contributed by atoms with Crippen LogP contribution in [0.15, 0.2) is 65.7 Å². The number of aliphatic imine (C=N–C) groups is 1. The van der Waals surface area contributed by atoms with Gasteiger partial charge in [-0.25, -0.2) is 0 Å². The highest BCUT2D eigenvalue weighted by Gasteiger charge is 2.21. The minimum absolute atomic E-state index is 0.184. The second-order valence-corrected chi connectivity index (χ2v) is 5.17. The summed E-state index contributed by atoms with van der Waals surface area (Å²) in [5.41, 5.74) is 7.47. The lowest BCUT2D eigenvalue weighted by molar-refractivity contribution is -0.119. The summed E-state index contributed by atoms with van der Waals surface area (Å²) in [7, 11) is 0. The molecular formula is C18H19N3O2. The largest absolute Gasteiger partial charge is 0.369 e. The molecule has 0 bridgehead atoms. The van der Waals surface area contributed by atoms with E-state index in [1.807, 2.05) is 60.7 Å². The van der Waals surface area contributed by atoms with Gasteiger partial charge in [0.15, 0.2) is 0 Å². The Balaban J connectivity index is 2.26. The van der Waals surface area contributed by atoms with Gasteiger partial charge in [0.1, 0.15) is 0 Å². The smallest absolute Gasteiger partial charge is 0.256 e. The highest BCUT2D eigenvalue weighted by Crippen LogP contribution is 2.22. The minimum Gasteiger partial charge on any atom is -0.369 e. The molecule has 118 valence electrons. The van der Waals surface area contributed by atoms with Crippen LogP contribution in [0.25, 0.3) is 0 Å². The molecule has 0 aliphatic carbocycles. The van der Waals surface area contributed by atoms with Gasteiger partial charge in [-0.1, -0.05) is 60.7 Å². The molecule has 2 amide bonds. The van der Waals surface area contributed by atoms with Gasteiger partial charge in [-0.15, -0.1) is 0 Å². The van der Waals surface area contributed by atoms with Gasteiger partial charge in [-0.05, 0) is 17.5 Å². The summed E-state index contributed by atoms with van der Waals surface area (Å²) in [4.78, 5) is 27.3. The number of nitrogens with two attached hydrogens (primary N) is 1. The molecule has 0 saturated carbocycles. The van der Waals surface area contributed by atoms with Crippen molar-refractivity contribution in [3.63, 3.8) is 0 Å². The van der Waals surface area contributed by atoms with Crippen LogP contribution >= 0.6 is 0 Å². The number of benzene rings is 2. The fourth-order valence-electron chi connectivity index (χ4n) is 2.29. The number of amides is 2. The summed E-state index contributed by atoms with van der Waals surface area (Å²) >= 11 is 0. The van der Waals surface area contributed by atoms with Crippen LogP contribution in [0.1, 0.15) is 24.0 Å². The zero-order valence-electron chi connectivity index (χ0n) is 12.9. The number of guanidine groups is 1. The monoisotopic (exact) mass is 309 g/mol. The van der Waals surface area contributed by atoms with E-state index in [1.54, 1.807) is 0 Å². The molecule has 0 radical (unpaired) electrons. The molecule has 5 nitrogen and oxygen atoms in total. The Hall–Kier alpha value is -2.95. The number of carbonyl (C=O) groups excluding carboxylic acids is 2. The summed E-state index contributed by atoms with van der Waals surface area (Å²) in [5, 5.41) is 2.31. The Morgan fingerprint density at radius 3 is 2.17 bits per heavy atom. The number of nitrogens with one attached hydrogen (secondary N) is 1. The molecule has 0 aliphatic rings. The predicted octanol–water partition coefficient (Wildman–Crippen LogP) is 1.99. The summed E-state index contributed by atoms with van der Waals surface area (Å²) in [6.45, 7) is 1.31. The van der Waals surface area contributed by atoms with E-state index >= 15 is 0 Å². The number of nitrogens with zero attached hydrogens (tertiary/aromatic N) is 1. The Morgan fingerprint density at radius 1 is 1.04 bits per heavy atom. The second kappa shape index (κ2) is 7.89. The number of rotatable bonds is 4. The topological polar surface area (TPSA) is 84.6 Å². The van der Waals surface area contributed by atoms with Crippen LogP contribution in [0.4, 0.5) is 0 Å². The average Bonchev–Trinajstić information content (AvgIpc) is 2.53. The Morgan fingerprint density at radius 2 is 1.61 bits per heavy atom. The van der Waals surface area contributed by atoms with Crippen molar-refractivity contribution in [3.8, 4) is 0 Å². The van der Waals surface area contributed by atoms with E-state index < -0.39 is 5.92 Å². The van der Waals surface area contributed by atoms with Crippen LogP contribution < -0.4 is 11.1 Å². The van der Waals surface area contributed by atoms with Gasteiger partial charge in [-0.3, -0.25) is 14.9 Å². The fourth-order valence-corrected chi connectivity index (χ4v) is 2.29. The van der Waals surface area contributed by atoms with Gasteiger partial charge in [-0.2, -0.15) is 4.99 Å². The first kappa shape index (κ1) is 16.4. The zero-order chi connectivity index (χ0) is 16.7. The lowest BCUT2D eigenvalue weighted by Crippen LogP contribution is -2.36. The van der Waals surface area contributed by atoms with Crippen molar-refractivity contribution in [1.82, 2.24) is 5.32 Å². The number of carbonyl (C=O) groups is 2. The third-order valence-corrected chi connectivity index (χ3v) is 3.32. The second-order valence-electron chi connectivity index (χ2n) is 5.17. The summed E-state index contributed by atoms with van der Waals surface area (Å²) in [5.74, 6) is -1.38. The predicted molar refractivity (Wildman–Crippen MR) is 89.8 cm³/mol. The Bertz CT molecular complexity index is 697. The van der Waals surface area contributed by atoms with Crippen LogP contribution in [0, 0.1) is 0 Å². The zero-order valence-corrected chi connectivity index (χ0v) is 12.9. The maximum absolute atomic E-state index is 12.5. The number of hydrogen-bond acceptors (Lipinski definition) is 2. The van der Waals surface area contributed by atoms with Crippen LogP contribution in [0.2, 0.25) is 0 Å². The molecule has 5 heteroatoms. The maximum atomic E-state index is 12.5. The molecular weight excluding hydrogens is 290 g/mol. The quantitative estimate of drug-likeness (QED) is 0.669. The molecule has 0 saturated heterocycles. The van der Waals surface area contributed by atoms with Gasteiger partial charge in [0.05, 0.1) is 5.92 Å². The average molecular weight is 309 g/mol. The lowest BCUT2D eigenvalue weighted by atomic mass is 9.91. The SMILES string of the molecule is CC(=O)NC(N)=NC(=O)C(Cc1ccccc1)c1ccccc1. The van der Waals surface area contributed by atoms with Gasteiger partial charge in [0.25, 0.3) is 5.91 Å². The standard InChI is InChI=1S/C18H19N3O2/c1-13(22)20-18(19)21-17(23)16(15-10-6-3-7-11-15)12-14-8-4-2-5-9-14/h2-11,16H,12H2,1H3,(H3,19,20,21,22,23). The van der Waals surface area contributed by atoms with Gasteiger partial charge in [0, 0.05) is 6.92 Å². The third-order valence-electron chi connectivity index (χ3n) is 3.32. The first-order valence-electron chi connectivity index (χ1n) is 7.30. The van der Waals surface area contributed by atoms with E-state index in [2.05, 4.69) is 10.3 Å². The van der Waals surface area contributed by atoms with E-state index in [4.69, 9.17) is 5.73 Å². The van der Waals surface area contributed by atoms with E-state index in [0.29, 0.717) is 6.42 Å². The first-order chi connectivity index (χ1) is 11.1. The summed E-state index contributed by atoms with van der Waals surface area (Å²) in [6, 6.07) is 19.1. The Labute approximate surface area is 135 Å². The molecule has 3 N–H and O–H groups in total. The van der Waals surface area contributed by atoms with Crippen molar-refractivity contribution in [1.29, 1.82) is 0 Å². The molecule has 0 fully saturated rings. The molecule has 2 aromatic rings. The van der Waals surface area contributed by atoms with Crippen molar-refractivity contribution in [2.45, 2.75) is 19.3 Å². The molecule has 23 heavy (non-hydrogen) atoms. The van der Waals surface area contributed by atoms with Crippen molar-refractivity contribution in [2.75, 3.05) is 0 Å². The molecule has 2 aromatic carbocycles. The maximum Gasteiger partial charge on any atom is 0.256 e. The molecule has 0 spiro atoms. The van der Waals surface area contributed by atoms with Crippen LogP contribution in [0.5, 0.6) is 0 Å². The first-order valence-corrected chi connectivity index (χ1v) is 7.30.